The highest BCUT2D eigenvalue weighted by Crippen LogP contribution is 2.23. The van der Waals surface area contributed by atoms with Crippen molar-refractivity contribution < 1.29 is 9.53 Å². The number of benzene rings is 3. The van der Waals surface area contributed by atoms with Gasteiger partial charge >= 0.3 is 0 Å². The third-order valence-corrected chi connectivity index (χ3v) is 6.52. The molecule has 0 unspecified atom stereocenters. The zero-order valence-corrected chi connectivity index (χ0v) is 19.4. The predicted molar refractivity (Wildman–Crippen MR) is 134 cm³/mol. The summed E-state index contributed by atoms with van der Waals surface area (Å²) in [5.41, 5.74) is 13.8. The third kappa shape index (κ3) is 4.95. The Kier molecular flexibility index (Phi) is 6.28. The van der Waals surface area contributed by atoms with Crippen LogP contribution in [0.15, 0.2) is 78.9 Å². The van der Waals surface area contributed by atoms with Gasteiger partial charge in [-0.05, 0) is 72.2 Å². The minimum atomic E-state index is -0.516. The monoisotopic (exact) mass is 451 g/mol. The maximum atomic E-state index is 11.4. The molecule has 0 bridgehead atoms. The molecular formula is C29H29N3O2. The summed E-state index contributed by atoms with van der Waals surface area (Å²) in [5, 5.41) is 4.30. The van der Waals surface area contributed by atoms with Crippen molar-refractivity contribution in [3.05, 3.63) is 107 Å². The van der Waals surface area contributed by atoms with Gasteiger partial charge < -0.3 is 10.5 Å². The fourth-order valence-electron chi connectivity index (χ4n) is 4.35. The average molecular weight is 452 g/mol. The van der Waals surface area contributed by atoms with Gasteiger partial charge in [0.15, 0.2) is 5.69 Å². The van der Waals surface area contributed by atoms with E-state index >= 15 is 0 Å². The highest BCUT2D eigenvalue weighted by molar-refractivity contribution is 5.90. The van der Waals surface area contributed by atoms with Crippen LogP contribution in [-0.2, 0) is 17.6 Å². The van der Waals surface area contributed by atoms with E-state index in [9.17, 15) is 4.79 Å². The normalized spacial score (nSPS) is 13.6. The van der Waals surface area contributed by atoms with E-state index in [1.54, 1.807) is 10.7 Å². The van der Waals surface area contributed by atoms with Gasteiger partial charge in [0.05, 0.1) is 18.9 Å². The largest absolute Gasteiger partial charge is 0.381 e. The average Bonchev–Trinajstić information content (AvgIpc) is 3.22. The summed E-state index contributed by atoms with van der Waals surface area (Å²) >= 11 is 0. The molecule has 0 aliphatic carbocycles. The molecular weight excluding hydrogens is 422 g/mol. The number of nitrogens with two attached hydrogens (primary N) is 1. The number of rotatable bonds is 8. The van der Waals surface area contributed by atoms with E-state index in [0.717, 1.165) is 43.4 Å². The van der Waals surface area contributed by atoms with Crippen LogP contribution >= 0.6 is 0 Å². The molecule has 1 fully saturated rings. The minimum Gasteiger partial charge on any atom is -0.381 e. The van der Waals surface area contributed by atoms with Gasteiger partial charge in [0.25, 0.3) is 5.91 Å². The number of hydrogen-bond donors (Lipinski definition) is 1. The van der Waals surface area contributed by atoms with Crippen molar-refractivity contribution in [2.75, 3.05) is 13.2 Å². The summed E-state index contributed by atoms with van der Waals surface area (Å²) in [6.07, 6.45) is 3.19. The number of carbonyl (C=O) groups is 1. The molecule has 1 amide bonds. The lowest BCUT2D eigenvalue weighted by Gasteiger charge is -2.25. The first kappa shape index (κ1) is 22.1. The molecule has 5 rings (SSSR count). The summed E-state index contributed by atoms with van der Waals surface area (Å²) in [6.45, 7) is 3.76. The molecule has 1 aliphatic rings. The van der Waals surface area contributed by atoms with E-state index in [2.05, 4.69) is 65.8 Å². The zero-order chi connectivity index (χ0) is 23.5. The van der Waals surface area contributed by atoms with E-state index in [0.29, 0.717) is 0 Å². The highest BCUT2D eigenvalue weighted by atomic mass is 16.5. The van der Waals surface area contributed by atoms with Crippen molar-refractivity contribution in [1.29, 1.82) is 0 Å². The third-order valence-electron chi connectivity index (χ3n) is 6.52. The first-order valence-corrected chi connectivity index (χ1v) is 11.8. The van der Waals surface area contributed by atoms with Gasteiger partial charge in [-0.2, -0.15) is 5.10 Å². The summed E-state index contributed by atoms with van der Waals surface area (Å²) in [7, 11) is 0. The Balaban J connectivity index is 1.21. The fraction of sp³-hybridized carbons (Fsp3) is 0.241. The summed E-state index contributed by atoms with van der Waals surface area (Å²) < 4.78 is 7.01. The van der Waals surface area contributed by atoms with Crippen LogP contribution in [0.25, 0.3) is 16.8 Å². The summed E-state index contributed by atoms with van der Waals surface area (Å²) in [6, 6.07) is 27.7. The Bertz CT molecular complexity index is 1270. The number of hydrogen-bond acceptors (Lipinski definition) is 3. The highest BCUT2D eigenvalue weighted by Gasteiger charge is 2.17. The molecule has 172 valence electrons. The summed E-state index contributed by atoms with van der Waals surface area (Å²) in [5.74, 6) is 0.227. The molecule has 5 heteroatoms. The lowest BCUT2D eigenvalue weighted by Crippen LogP contribution is -2.27. The second-order valence-corrected chi connectivity index (χ2v) is 9.13. The fourth-order valence-corrected chi connectivity index (χ4v) is 4.35. The van der Waals surface area contributed by atoms with Crippen molar-refractivity contribution in [3.8, 4) is 16.8 Å². The molecule has 0 saturated carbocycles. The van der Waals surface area contributed by atoms with Crippen molar-refractivity contribution in [1.82, 2.24) is 9.78 Å². The first-order chi connectivity index (χ1) is 16.5. The van der Waals surface area contributed by atoms with Crippen LogP contribution in [0.3, 0.4) is 0 Å². The molecule has 5 nitrogen and oxygen atoms in total. The minimum absolute atomic E-state index is 0.278. The first-order valence-electron chi connectivity index (χ1n) is 11.8. The van der Waals surface area contributed by atoms with E-state index in [1.165, 1.54) is 34.2 Å². The second kappa shape index (κ2) is 9.65. The van der Waals surface area contributed by atoms with Gasteiger partial charge in [0.2, 0.25) is 0 Å². The molecule has 3 aromatic carbocycles. The van der Waals surface area contributed by atoms with Crippen LogP contribution in [0.2, 0.25) is 0 Å². The Morgan fingerprint density at radius 2 is 1.47 bits per heavy atom. The van der Waals surface area contributed by atoms with Crippen LogP contribution in [0.1, 0.15) is 39.3 Å². The Morgan fingerprint density at radius 1 is 0.912 bits per heavy atom. The van der Waals surface area contributed by atoms with E-state index < -0.39 is 5.91 Å². The number of nitrogens with zero attached hydrogens (tertiary/aromatic N) is 2. The Morgan fingerprint density at radius 3 is 1.97 bits per heavy atom. The molecule has 2 heterocycles. The van der Waals surface area contributed by atoms with Crippen LogP contribution in [0.4, 0.5) is 0 Å². The van der Waals surface area contributed by atoms with Gasteiger partial charge in [-0.25, -0.2) is 4.68 Å². The zero-order valence-electron chi connectivity index (χ0n) is 19.4. The standard InChI is InChI=1S/C29H29N3O2/c1-20-16-28(29(30)33)31-32(20)27-14-8-23(9-15-27)17-22-6-12-26(13-7-22)25-10-4-21(5-11-25)2-3-24-18-34-19-24/h4-16,24H,2-3,17-19H2,1H3,(H2,30,33). The number of aromatic nitrogens is 2. The quantitative estimate of drug-likeness (QED) is 0.404. The molecule has 0 atom stereocenters. The van der Waals surface area contributed by atoms with Crippen molar-refractivity contribution in [3.63, 3.8) is 0 Å². The number of primary amides is 1. The van der Waals surface area contributed by atoms with Gasteiger partial charge in [-0.1, -0.05) is 60.7 Å². The van der Waals surface area contributed by atoms with Gasteiger partial charge in [0, 0.05) is 11.6 Å². The second-order valence-electron chi connectivity index (χ2n) is 9.13. The number of ether oxygens (including phenoxy) is 1. The SMILES string of the molecule is Cc1cc(C(N)=O)nn1-c1ccc(Cc2ccc(-c3ccc(CCC4COC4)cc3)cc2)cc1. The predicted octanol–water partition coefficient (Wildman–Crippen LogP) is 5.12. The lowest BCUT2D eigenvalue weighted by atomic mass is 9.96. The van der Waals surface area contributed by atoms with Crippen LogP contribution in [0.5, 0.6) is 0 Å². The molecule has 0 spiro atoms. The van der Waals surface area contributed by atoms with Crippen LogP contribution in [-0.4, -0.2) is 28.9 Å². The Labute approximate surface area is 200 Å². The van der Waals surface area contributed by atoms with Crippen LogP contribution in [0, 0.1) is 12.8 Å². The van der Waals surface area contributed by atoms with Gasteiger partial charge in [0.1, 0.15) is 0 Å². The molecule has 1 saturated heterocycles. The molecule has 1 aromatic heterocycles. The molecule has 4 aromatic rings. The van der Waals surface area contributed by atoms with Crippen molar-refractivity contribution in [2.24, 2.45) is 11.7 Å². The van der Waals surface area contributed by atoms with E-state index in [1.807, 2.05) is 19.1 Å². The molecule has 0 radical (unpaired) electrons. The topological polar surface area (TPSA) is 70.1 Å². The maximum Gasteiger partial charge on any atom is 0.269 e. The van der Waals surface area contributed by atoms with E-state index in [-0.39, 0.29) is 5.69 Å². The molecule has 34 heavy (non-hydrogen) atoms. The van der Waals surface area contributed by atoms with Crippen LogP contribution < -0.4 is 5.73 Å². The van der Waals surface area contributed by atoms with Gasteiger partial charge in [-0.15, -0.1) is 0 Å². The van der Waals surface area contributed by atoms with Crippen molar-refractivity contribution >= 4 is 5.91 Å². The molecule has 1 aliphatic heterocycles. The van der Waals surface area contributed by atoms with E-state index in [4.69, 9.17) is 10.5 Å². The van der Waals surface area contributed by atoms with Gasteiger partial charge in [-0.3, -0.25) is 4.79 Å². The smallest absolute Gasteiger partial charge is 0.269 e. The summed E-state index contributed by atoms with van der Waals surface area (Å²) in [4.78, 5) is 11.4. The Hall–Kier alpha value is -3.70. The number of aryl methyl sites for hydroxylation is 2. The number of amides is 1. The lowest BCUT2D eigenvalue weighted by molar-refractivity contribution is -0.0352. The number of carbonyl (C=O) groups excluding carboxylic acids is 1. The molecule has 2 N–H and O–H groups in total. The van der Waals surface area contributed by atoms with Crippen molar-refractivity contribution in [2.45, 2.75) is 26.2 Å². The maximum absolute atomic E-state index is 11.4.